The van der Waals surface area contributed by atoms with E-state index in [1.807, 2.05) is 0 Å². The fraction of sp³-hybridized carbons (Fsp3) is 0.471. The van der Waals surface area contributed by atoms with E-state index in [0.717, 1.165) is 6.26 Å². The topological polar surface area (TPSA) is 97.6 Å². The Balaban J connectivity index is 1.87. The maximum atomic E-state index is 13.1. The fourth-order valence-corrected chi connectivity index (χ4v) is 4.29. The van der Waals surface area contributed by atoms with E-state index in [-0.39, 0.29) is 12.5 Å². The van der Waals surface area contributed by atoms with Crippen molar-refractivity contribution in [1.29, 1.82) is 0 Å². The predicted octanol–water partition coefficient (Wildman–Crippen LogP) is 0.781. The Hall–Kier alpha value is -2.46. The summed E-state index contributed by atoms with van der Waals surface area (Å²) in [6.07, 6.45) is 5.48. The van der Waals surface area contributed by atoms with Gasteiger partial charge in [-0.15, -0.1) is 0 Å². The van der Waals surface area contributed by atoms with E-state index in [4.69, 9.17) is 4.74 Å². The molecule has 0 spiro atoms. The Labute approximate surface area is 158 Å². The second-order valence-electron chi connectivity index (χ2n) is 6.48. The van der Waals surface area contributed by atoms with Gasteiger partial charge in [-0.2, -0.15) is 9.40 Å². The summed E-state index contributed by atoms with van der Waals surface area (Å²) in [6.45, 7) is 0.613. The van der Waals surface area contributed by atoms with Gasteiger partial charge >= 0.3 is 0 Å². The molecule has 0 N–H and O–H groups in total. The highest BCUT2D eigenvalue weighted by Gasteiger charge is 2.38. The van der Waals surface area contributed by atoms with Crippen molar-refractivity contribution in [3.05, 3.63) is 36.2 Å². The summed E-state index contributed by atoms with van der Waals surface area (Å²) in [5.74, 6) is 0.863. The van der Waals surface area contributed by atoms with Crippen LogP contribution in [0.2, 0.25) is 0 Å². The van der Waals surface area contributed by atoms with Crippen LogP contribution in [0.5, 0.6) is 5.88 Å². The molecule has 0 saturated carbocycles. The van der Waals surface area contributed by atoms with Gasteiger partial charge in [0, 0.05) is 38.5 Å². The molecule has 3 rings (SSSR count). The highest BCUT2D eigenvalue weighted by Crippen LogP contribution is 2.26. The maximum absolute atomic E-state index is 13.1. The number of carbonyl (C=O) groups is 1. The summed E-state index contributed by atoms with van der Waals surface area (Å²) in [4.78, 5) is 18.8. The number of piperidine rings is 1. The first kappa shape index (κ1) is 19.3. The van der Waals surface area contributed by atoms with Crippen molar-refractivity contribution >= 4 is 21.7 Å². The summed E-state index contributed by atoms with van der Waals surface area (Å²) in [6, 6.07) is 4.40. The average Bonchev–Trinajstić information content (AvgIpc) is 3.05. The van der Waals surface area contributed by atoms with Gasteiger partial charge in [0.1, 0.15) is 11.9 Å². The van der Waals surface area contributed by atoms with E-state index in [0.29, 0.717) is 36.6 Å². The second kappa shape index (κ2) is 7.65. The Bertz CT molecular complexity index is 910. The molecule has 27 heavy (non-hydrogen) atoms. The van der Waals surface area contributed by atoms with Crippen molar-refractivity contribution in [3.63, 3.8) is 0 Å². The molecule has 2 aromatic rings. The lowest BCUT2D eigenvalue weighted by molar-refractivity contribution is -0.123. The van der Waals surface area contributed by atoms with E-state index >= 15 is 0 Å². The molecule has 1 atom stereocenters. The summed E-state index contributed by atoms with van der Waals surface area (Å²) in [7, 11) is -0.343. The number of hydrogen-bond donors (Lipinski definition) is 0. The quantitative estimate of drug-likeness (QED) is 0.719. The Morgan fingerprint density at radius 2 is 2.11 bits per heavy atom. The van der Waals surface area contributed by atoms with Crippen molar-refractivity contribution in [2.45, 2.75) is 25.4 Å². The summed E-state index contributed by atoms with van der Waals surface area (Å²) in [5.41, 5.74) is 0.687. The van der Waals surface area contributed by atoms with Gasteiger partial charge in [0.15, 0.2) is 0 Å². The van der Waals surface area contributed by atoms with Crippen LogP contribution < -0.4 is 9.64 Å². The van der Waals surface area contributed by atoms with E-state index in [1.165, 1.54) is 11.4 Å². The molecule has 0 aromatic carbocycles. The summed E-state index contributed by atoms with van der Waals surface area (Å²) < 4.78 is 32.8. The van der Waals surface area contributed by atoms with Gasteiger partial charge in [-0.05, 0) is 18.4 Å². The van der Waals surface area contributed by atoms with Crippen molar-refractivity contribution in [2.75, 3.05) is 24.8 Å². The Morgan fingerprint density at radius 3 is 2.67 bits per heavy atom. The van der Waals surface area contributed by atoms with E-state index < -0.39 is 16.1 Å². The number of rotatable bonds is 6. The number of amides is 1. The third-order valence-corrected chi connectivity index (χ3v) is 5.84. The second-order valence-corrected chi connectivity index (χ2v) is 8.41. The molecule has 10 heteroatoms. The molecule has 0 bridgehead atoms. The van der Waals surface area contributed by atoms with Gasteiger partial charge < -0.3 is 4.74 Å². The zero-order chi connectivity index (χ0) is 19.6. The van der Waals surface area contributed by atoms with Gasteiger partial charge in [-0.3, -0.25) is 14.4 Å². The highest BCUT2D eigenvalue weighted by molar-refractivity contribution is 7.88. The first-order valence-corrected chi connectivity index (χ1v) is 10.4. The molecule has 1 fully saturated rings. The summed E-state index contributed by atoms with van der Waals surface area (Å²) in [5, 5.41) is 4.10. The molecule has 0 unspecified atom stereocenters. The number of carbonyl (C=O) groups excluding carboxylic acids is 1. The first-order chi connectivity index (χ1) is 12.8. The number of ether oxygens (including phenoxy) is 1. The number of nitrogens with zero attached hydrogens (tertiary/aromatic N) is 5. The van der Waals surface area contributed by atoms with E-state index in [9.17, 15) is 13.2 Å². The van der Waals surface area contributed by atoms with Crippen LogP contribution in [0.15, 0.2) is 30.6 Å². The van der Waals surface area contributed by atoms with Crippen LogP contribution in [0.3, 0.4) is 0 Å². The molecule has 1 aliphatic rings. The number of sulfonamides is 1. The zero-order valence-corrected chi connectivity index (χ0v) is 16.4. The van der Waals surface area contributed by atoms with Gasteiger partial charge in [0.2, 0.25) is 21.8 Å². The van der Waals surface area contributed by atoms with E-state index in [1.54, 1.807) is 47.2 Å². The van der Waals surface area contributed by atoms with Crippen LogP contribution in [-0.4, -0.2) is 59.3 Å². The maximum Gasteiger partial charge on any atom is 0.246 e. The van der Waals surface area contributed by atoms with Crippen LogP contribution in [0.4, 0.5) is 5.82 Å². The minimum atomic E-state index is -3.61. The highest BCUT2D eigenvalue weighted by atomic mass is 32.2. The molecule has 1 aliphatic heterocycles. The number of methoxy groups -OCH3 is 1. The van der Waals surface area contributed by atoms with Crippen molar-refractivity contribution < 1.29 is 17.9 Å². The lowest BCUT2D eigenvalue weighted by Crippen LogP contribution is -2.54. The van der Waals surface area contributed by atoms with Gasteiger partial charge in [-0.1, -0.05) is 6.07 Å². The predicted molar refractivity (Wildman–Crippen MR) is 99.8 cm³/mol. The third kappa shape index (κ3) is 4.11. The monoisotopic (exact) mass is 393 g/mol. The lowest BCUT2D eigenvalue weighted by Gasteiger charge is -2.37. The standard InChI is InChI=1S/C17H23N5O4S/c1-20-16(8-9-19-20)21-10-4-5-14(17(21)23)22(27(3,24)25)12-13-6-7-15(26-2)18-11-13/h6-9,11,14H,4-5,10,12H2,1-3H3/t14-/m1/s1. The molecular formula is C17H23N5O4S. The summed E-state index contributed by atoms with van der Waals surface area (Å²) >= 11 is 0. The third-order valence-electron chi connectivity index (χ3n) is 4.60. The number of pyridine rings is 1. The van der Waals surface area contributed by atoms with Crippen LogP contribution >= 0.6 is 0 Å². The minimum Gasteiger partial charge on any atom is -0.481 e. The fourth-order valence-electron chi connectivity index (χ4n) is 3.25. The number of aryl methyl sites for hydroxylation is 1. The van der Waals surface area contributed by atoms with Crippen LogP contribution in [0.25, 0.3) is 0 Å². The van der Waals surface area contributed by atoms with Gasteiger partial charge in [-0.25, -0.2) is 13.4 Å². The van der Waals surface area contributed by atoms with Crippen LogP contribution in [0, 0.1) is 0 Å². The van der Waals surface area contributed by atoms with Gasteiger partial charge in [0.25, 0.3) is 0 Å². The Kier molecular flexibility index (Phi) is 5.47. The van der Waals surface area contributed by atoms with Crippen LogP contribution in [-0.2, 0) is 28.4 Å². The molecule has 146 valence electrons. The molecule has 1 saturated heterocycles. The normalized spacial score (nSPS) is 18.1. The molecule has 9 nitrogen and oxygen atoms in total. The van der Waals surface area contributed by atoms with Crippen LogP contribution in [0.1, 0.15) is 18.4 Å². The van der Waals surface area contributed by atoms with E-state index in [2.05, 4.69) is 10.1 Å². The molecule has 0 radical (unpaired) electrons. The van der Waals surface area contributed by atoms with Crippen molar-refractivity contribution in [3.8, 4) is 5.88 Å². The molecule has 0 aliphatic carbocycles. The molecule has 2 aromatic heterocycles. The SMILES string of the molecule is COc1ccc(CN([C@@H]2CCCN(c3ccnn3C)C2=O)S(C)(=O)=O)cn1. The molecule has 3 heterocycles. The minimum absolute atomic E-state index is 0.0749. The first-order valence-electron chi connectivity index (χ1n) is 8.56. The lowest BCUT2D eigenvalue weighted by atomic mass is 10.0. The number of aromatic nitrogens is 3. The van der Waals surface area contributed by atoms with Gasteiger partial charge in [0.05, 0.1) is 19.6 Å². The molecule has 1 amide bonds. The van der Waals surface area contributed by atoms with Crippen molar-refractivity contribution in [2.24, 2.45) is 7.05 Å². The zero-order valence-electron chi connectivity index (χ0n) is 15.6. The largest absolute Gasteiger partial charge is 0.481 e. The average molecular weight is 393 g/mol. The number of anilines is 1. The molecular weight excluding hydrogens is 370 g/mol. The van der Waals surface area contributed by atoms with Crippen molar-refractivity contribution in [1.82, 2.24) is 19.1 Å². The number of hydrogen-bond acceptors (Lipinski definition) is 6. The Morgan fingerprint density at radius 1 is 1.33 bits per heavy atom. The smallest absolute Gasteiger partial charge is 0.246 e.